The highest BCUT2D eigenvalue weighted by molar-refractivity contribution is 4.99. The predicted octanol–water partition coefficient (Wildman–Crippen LogP) is 2.33. The second-order valence-electron chi connectivity index (χ2n) is 5.29. The lowest BCUT2D eigenvalue weighted by atomic mass is 9.79. The molecule has 16 heavy (non-hydrogen) atoms. The molecule has 2 rings (SSSR count). The fraction of sp³-hybridized carbons (Fsp3) is 0.769. The molecule has 1 aromatic rings. The Labute approximate surface area is 98.2 Å². The third-order valence-corrected chi connectivity index (χ3v) is 4.09. The maximum atomic E-state index is 4.18. The van der Waals surface area contributed by atoms with Crippen molar-refractivity contribution < 1.29 is 0 Å². The number of rotatable bonds is 3. The van der Waals surface area contributed by atoms with Crippen LogP contribution in [0.4, 0.5) is 0 Å². The average molecular weight is 221 g/mol. The van der Waals surface area contributed by atoms with E-state index in [1.54, 1.807) is 0 Å². The normalized spacial score (nSPS) is 30.6. The van der Waals surface area contributed by atoms with Gasteiger partial charge >= 0.3 is 0 Å². The summed E-state index contributed by atoms with van der Waals surface area (Å²) in [4.78, 5) is 0. The molecule has 0 radical (unpaired) electrons. The molecule has 3 unspecified atom stereocenters. The van der Waals surface area contributed by atoms with Crippen LogP contribution in [0, 0.1) is 11.8 Å². The van der Waals surface area contributed by atoms with Crippen LogP contribution in [0.1, 0.15) is 38.8 Å². The van der Waals surface area contributed by atoms with Gasteiger partial charge in [-0.25, -0.2) is 0 Å². The SMILES string of the molecule is CC1CCC(NCc2ccnn2C)CC1C. The van der Waals surface area contributed by atoms with Crippen LogP contribution < -0.4 is 5.32 Å². The first-order chi connectivity index (χ1) is 7.66. The van der Waals surface area contributed by atoms with Gasteiger partial charge in [0.2, 0.25) is 0 Å². The van der Waals surface area contributed by atoms with E-state index >= 15 is 0 Å². The fourth-order valence-electron chi connectivity index (χ4n) is 2.56. The van der Waals surface area contributed by atoms with Crippen molar-refractivity contribution in [3.8, 4) is 0 Å². The van der Waals surface area contributed by atoms with E-state index in [-0.39, 0.29) is 0 Å². The molecule has 0 amide bonds. The minimum Gasteiger partial charge on any atom is -0.308 e. The van der Waals surface area contributed by atoms with Crippen LogP contribution in [0.5, 0.6) is 0 Å². The molecule has 0 aromatic carbocycles. The number of nitrogens with one attached hydrogen (secondary N) is 1. The minimum atomic E-state index is 0.695. The van der Waals surface area contributed by atoms with Crippen LogP contribution in [0.2, 0.25) is 0 Å². The number of aryl methyl sites for hydroxylation is 1. The Morgan fingerprint density at radius 3 is 2.81 bits per heavy atom. The van der Waals surface area contributed by atoms with Crippen molar-refractivity contribution >= 4 is 0 Å². The zero-order valence-electron chi connectivity index (χ0n) is 10.6. The molecule has 1 N–H and O–H groups in total. The number of hydrogen-bond acceptors (Lipinski definition) is 2. The van der Waals surface area contributed by atoms with Gasteiger partial charge in [0, 0.05) is 25.8 Å². The van der Waals surface area contributed by atoms with Gasteiger partial charge in [-0.05, 0) is 37.2 Å². The van der Waals surface area contributed by atoms with Gasteiger partial charge in [-0.2, -0.15) is 5.10 Å². The topological polar surface area (TPSA) is 29.9 Å². The van der Waals surface area contributed by atoms with E-state index in [1.165, 1.54) is 25.0 Å². The molecule has 3 heteroatoms. The third-order valence-electron chi connectivity index (χ3n) is 4.09. The van der Waals surface area contributed by atoms with Gasteiger partial charge in [0.25, 0.3) is 0 Å². The van der Waals surface area contributed by atoms with E-state index < -0.39 is 0 Å². The highest BCUT2D eigenvalue weighted by Gasteiger charge is 2.23. The summed E-state index contributed by atoms with van der Waals surface area (Å²) in [6, 6.07) is 2.78. The van der Waals surface area contributed by atoms with Crippen LogP contribution in [-0.2, 0) is 13.6 Å². The number of nitrogens with zero attached hydrogens (tertiary/aromatic N) is 2. The Morgan fingerprint density at radius 2 is 2.19 bits per heavy atom. The monoisotopic (exact) mass is 221 g/mol. The van der Waals surface area contributed by atoms with Crippen LogP contribution in [0.25, 0.3) is 0 Å². The summed E-state index contributed by atoms with van der Waals surface area (Å²) in [5.74, 6) is 1.76. The van der Waals surface area contributed by atoms with E-state index in [0.29, 0.717) is 6.04 Å². The number of aromatic nitrogens is 2. The zero-order valence-corrected chi connectivity index (χ0v) is 10.6. The van der Waals surface area contributed by atoms with Crippen molar-refractivity contribution in [1.82, 2.24) is 15.1 Å². The number of hydrogen-bond donors (Lipinski definition) is 1. The Hall–Kier alpha value is -0.830. The highest BCUT2D eigenvalue weighted by atomic mass is 15.3. The minimum absolute atomic E-state index is 0.695. The maximum Gasteiger partial charge on any atom is 0.0518 e. The molecule has 0 saturated heterocycles. The quantitative estimate of drug-likeness (QED) is 0.849. The molecular formula is C13H23N3. The fourth-order valence-corrected chi connectivity index (χ4v) is 2.56. The van der Waals surface area contributed by atoms with E-state index in [9.17, 15) is 0 Å². The molecule has 1 fully saturated rings. The van der Waals surface area contributed by atoms with Gasteiger partial charge in [0.15, 0.2) is 0 Å². The van der Waals surface area contributed by atoms with Crippen LogP contribution >= 0.6 is 0 Å². The molecule has 0 spiro atoms. The Balaban J connectivity index is 1.81. The molecule has 1 saturated carbocycles. The summed E-state index contributed by atoms with van der Waals surface area (Å²) in [6.45, 7) is 5.70. The Bertz CT molecular complexity index is 332. The van der Waals surface area contributed by atoms with Crippen LogP contribution in [0.15, 0.2) is 12.3 Å². The van der Waals surface area contributed by atoms with Gasteiger partial charge in [-0.3, -0.25) is 4.68 Å². The van der Waals surface area contributed by atoms with Gasteiger partial charge in [0.05, 0.1) is 5.69 Å². The Morgan fingerprint density at radius 1 is 1.38 bits per heavy atom. The van der Waals surface area contributed by atoms with E-state index in [2.05, 4.69) is 30.3 Å². The average Bonchev–Trinajstić information content (AvgIpc) is 2.66. The lowest BCUT2D eigenvalue weighted by Gasteiger charge is -2.32. The van der Waals surface area contributed by atoms with Gasteiger partial charge in [0.1, 0.15) is 0 Å². The van der Waals surface area contributed by atoms with Crippen molar-refractivity contribution in [3.63, 3.8) is 0 Å². The van der Waals surface area contributed by atoms with E-state index in [1.807, 2.05) is 17.9 Å². The van der Waals surface area contributed by atoms with Crippen molar-refractivity contribution in [1.29, 1.82) is 0 Å². The summed E-state index contributed by atoms with van der Waals surface area (Å²) in [7, 11) is 2.00. The smallest absolute Gasteiger partial charge is 0.0518 e. The second kappa shape index (κ2) is 5.00. The molecule has 1 aliphatic carbocycles. The summed E-state index contributed by atoms with van der Waals surface area (Å²) >= 11 is 0. The standard InChI is InChI=1S/C13H23N3/c1-10-4-5-12(8-11(10)2)14-9-13-6-7-15-16(13)3/h6-7,10-12,14H,4-5,8-9H2,1-3H3. The molecule has 1 heterocycles. The van der Waals surface area contributed by atoms with E-state index in [0.717, 1.165) is 18.4 Å². The lowest BCUT2D eigenvalue weighted by Crippen LogP contribution is -2.36. The molecular weight excluding hydrogens is 198 g/mol. The molecule has 3 nitrogen and oxygen atoms in total. The molecule has 0 bridgehead atoms. The van der Waals surface area contributed by atoms with Crippen molar-refractivity contribution in [3.05, 3.63) is 18.0 Å². The molecule has 3 atom stereocenters. The summed E-state index contributed by atoms with van der Waals surface area (Å²) < 4.78 is 1.95. The maximum absolute atomic E-state index is 4.18. The van der Waals surface area contributed by atoms with Gasteiger partial charge < -0.3 is 5.32 Å². The molecule has 0 aliphatic heterocycles. The summed E-state index contributed by atoms with van der Waals surface area (Å²) in [5, 5.41) is 7.84. The van der Waals surface area contributed by atoms with E-state index in [4.69, 9.17) is 0 Å². The first kappa shape index (κ1) is 11.6. The van der Waals surface area contributed by atoms with Crippen LogP contribution in [-0.4, -0.2) is 15.8 Å². The predicted molar refractivity (Wildman–Crippen MR) is 66.0 cm³/mol. The largest absolute Gasteiger partial charge is 0.308 e. The first-order valence-corrected chi connectivity index (χ1v) is 6.37. The van der Waals surface area contributed by atoms with Crippen LogP contribution in [0.3, 0.4) is 0 Å². The van der Waals surface area contributed by atoms with Crippen molar-refractivity contribution in [2.75, 3.05) is 0 Å². The Kier molecular flexibility index (Phi) is 3.64. The first-order valence-electron chi connectivity index (χ1n) is 6.37. The highest BCUT2D eigenvalue weighted by Crippen LogP contribution is 2.29. The van der Waals surface area contributed by atoms with Crippen molar-refractivity contribution in [2.45, 2.75) is 45.7 Å². The summed E-state index contributed by atoms with van der Waals surface area (Å²) in [6.07, 6.45) is 5.87. The zero-order chi connectivity index (χ0) is 11.5. The van der Waals surface area contributed by atoms with Gasteiger partial charge in [-0.1, -0.05) is 13.8 Å². The van der Waals surface area contributed by atoms with Gasteiger partial charge in [-0.15, -0.1) is 0 Å². The third kappa shape index (κ3) is 2.64. The van der Waals surface area contributed by atoms with Crippen molar-refractivity contribution in [2.24, 2.45) is 18.9 Å². The molecule has 1 aliphatic rings. The lowest BCUT2D eigenvalue weighted by molar-refractivity contribution is 0.225. The molecule has 1 aromatic heterocycles. The molecule has 90 valence electrons. The second-order valence-corrected chi connectivity index (χ2v) is 5.29. The summed E-state index contributed by atoms with van der Waals surface area (Å²) in [5.41, 5.74) is 1.27.